The fourth-order valence-electron chi connectivity index (χ4n) is 3.08. The SMILES string of the molecule is c1ccc(-c2nc3nc4ccccc4n(-c4ccccc4)c-3n2)cc1. The van der Waals surface area contributed by atoms with Crippen molar-refractivity contribution in [2.75, 3.05) is 0 Å². The second-order valence-corrected chi connectivity index (χ2v) is 5.83. The molecular weight excluding hydrogens is 308 g/mol. The van der Waals surface area contributed by atoms with Crippen molar-refractivity contribution in [1.82, 2.24) is 19.5 Å². The lowest BCUT2D eigenvalue weighted by Crippen LogP contribution is -2.05. The van der Waals surface area contributed by atoms with E-state index in [1.165, 1.54) is 0 Å². The lowest BCUT2D eigenvalue weighted by molar-refractivity contribution is 1.04. The van der Waals surface area contributed by atoms with Crippen LogP contribution in [0.5, 0.6) is 0 Å². The second-order valence-electron chi connectivity index (χ2n) is 5.83. The zero-order chi connectivity index (χ0) is 16.6. The minimum atomic E-state index is 0.654. The maximum atomic E-state index is 4.80. The molecule has 3 aromatic rings. The molecule has 0 unspecified atom stereocenters. The van der Waals surface area contributed by atoms with Gasteiger partial charge in [-0.1, -0.05) is 60.7 Å². The Balaban J connectivity index is 1.87. The van der Waals surface area contributed by atoms with E-state index in [2.05, 4.69) is 27.8 Å². The zero-order valence-corrected chi connectivity index (χ0v) is 13.4. The van der Waals surface area contributed by atoms with Crippen molar-refractivity contribution in [2.24, 2.45) is 0 Å². The van der Waals surface area contributed by atoms with Gasteiger partial charge in [-0.05, 0) is 24.3 Å². The monoisotopic (exact) mass is 322 g/mol. The van der Waals surface area contributed by atoms with Gasteiger partial charge in [0, 0.05) is 11.3 Å². The molecule has 0 spiro atoms. The summed E-state index contributed by atoms with van der Waals surface area (Å²) in [4.78, 5) is 14.2. The number of nitrogens with zero attached hydrogens (tertiary/aromatic N) is 4. The summed E-state index contributed by atoms with van der Waals surface area (Å²) in [6, 6.07) is 28.3. The van der Waals surface area contributed by atoms with Gasteiger partial charge in [-0.15, -0.1) is 0 Å². The lowest BCUT2D eigenvalue weighted by atomic mass is 10.2. The third kappa shape index (κ3) is 2.27. The van der Waals surface area contributed by atoms with Gasteiger partial charge in [0.25, 0.3) is 0 Å². The van der Waals surface area contributed by atoms with Gasteiger partial charge in [-0.2, -0.15) is 0 Å². The molecular formula is C21H14N4. The molecule has 2 aliphatic heterocycles. The summed E-state index contributed by atoms with van der Waals surface area (Å²) in [6.45, 7) is 0. The Morgan fingerprint density at radius 3 is 2.04 bits per heavy atom. The van der Waals surface area contributed by atoms with Crippen LogP contribution in [0.3, 0.4) is 0 Å². The number of rotatable bonds is 2. The number of fused-ring (bicyclic) bond motifs is 2. The van der Waals surface area contributed by atoms with Crippen molar-refractivity contribution in [3.63, 3.8) is 0 Å². The van der Waals surface area contributed by atoms with Crippen molar-refractivity contribution < 1.29 is 0 Å². The quantitative estimate of drug-likeness (QED) is 0.477. The minimum Gasteiger partial charge on any atom is -0.290 e. The van der Waals surface area contributed by atoms with Gasteiger partial charge in [-0.25, -0.2) is 15.0 Å². The molecule has 0 aliphatic carbocycles. The Labute approximate surface area is 144 Å². The van der Waals surface area contributed by atoms with Gasteiger partial charge in [0.1, 0.15) is 0 Å². The molecule has 5 rings (SSSR count). The topological polar surface area (TPSA) is 43.6 Å². The molecule has 0 aromatic heterocycles. The third-order valence-corrected chi connectivity index (χ3v) is 4.23. The smallest absolute Gasteiger partial charge is 0.199 e. The molecule has 0 saturated carbocycles. The van der Waals surface area contributed by atoms with E-state index in [0.717, 1.165) is 28.1 Å². The summed E-state index contributed by atoms with van der Waals surface area (Å²) in [5, 5.41) is 0. The van der Waals surface area contributed by atoms with Crippen molar-refractivity contribution in [3.8, 4) is 28.7 Å². The van der Waals surface area contributed by atoms with Crippen LogP contribution >= 0.6 is 0 Å². The van der Waals surface area contributed by atoms with E-state index >= 15 is 0 Å². The van der Waals surface area contributed by atoms with Crippen LogP contribution in [0.4, 0.5) is 0 Å². The molecule has 4 nitrogen and oxygen atoms in total. The summed E-state index contributed by atoms with van der Waals surface area (Å²) in [5.74, 6) is 2.12. The molecule has 0 saturated heterocycles. The molecule has 3 aromatic carbocycles. The van der Waals surface area contributed by atoms with Gasteiger partial charge in [0.2, 0.25) is 0 Å². The molecule has 0 amide bonds. The van der Waals surface area contributed by atoms with Crippen LogP contribution in [0.1, 0.15) is 0 Å². The fraction of sp³-hybridized carbons (Fsp3) is 0. The van der Waals surface area contributed by atoms with Crippen molar-refractivity contribution in [2.45, 2.75) is 0 Å². The first-order valence-electron chi connectivity index (χ1n) is 8.16. The second kappa shape index (κ2) is 5.53. The highest BCUT2D eigenvalue weighted by Gasteiger charge is 2.20. The van der Waals surface area contributed by atoms with Gasteiger partial charge in [0.15, 0.2) is 17.5 Å². The average Bonchev–Trinajstić information content (AvgIpc) is 3.11. The summed E-state index contributed by atoms with van der Waals surface area (Å²) in [7, 11) is 0. The first-order chi connectivity index (χ1) is 12.4. The molecule has 0 radical (unpaired) electrons. The van der Waals surface area contributed by atoms with Crippen molar-refractivity contribution in [3.05, 3.63) is 84.9 Å². The highest BCUT2D eigenvalue weighted by atomic mass is 15.2. The molecule has 2 aliphatic rings. The number of hydrogen-bond acceptors (Lipinski definition) is 3. The number of hydrogen-bond donors (Lipinski definition) is 0. The molecule has 118 valence electrons. The van der Waals surface area contributed by atoms with Crippen LogP contribution < -0.4 is 0 Å². The Morgan fingerprint density at radius 2 is 1.24 bits per heavy atom. The predicted octanol–water partition coefficient (Wildman–Crippen LogP) is 4.59. The van der Waals surface area contributed by atoms with Crippen molar-refractivity contribution in [1.29, 1.82) is 0 Å². The number of benzene rings is 3. The fourth-order valence-corrected chi connectivity index (χ4v) is 3.08. The highest BCUT2D eigenvalue weighted by Crippen LogP contribution is 2.29. The van der Waals surface area contributed by atoms with E-state index in [-0.39, 0.29) is 0 Å². The standard InChI is InChI=1S/C21H14N4/c1-3-9-15(10-4-1)19-23-20-21(24-19)25(16-11-5-2-6-12-16)18-14-8-7-13-17(18)22-20/h1-14H. The van der Waals surface area contributed by atoms with Crippen LogP contribution in [0.15, 0.2) is 84.9 Å². The summed E-state index contributed by atoms with van der Waals surface area (Å²) in [6.07, 6.45) is 0. The van der Waals surface area contributed by atoms with E-state index in [1.54, 1.807) is 0 Å². The van der Waals surface area contributed by atoms with Gasteiger partial charge in [-0.3, -0.25) is 4.57 Å². The first kappa shape index (κ1) is 13.9. The molecule has 0 N–H and O–H groups in total. The molecule has 2 heterocycles. The van der Waals surface area contributed by atoms with Crippen LogP contribution in [0.2, 0.25) is 0 Å². The maximum Gasteiger partial charge on any atom is 0.199 e. The van der Waals surface area contributed by atoms with Gasteiger partial charge in [0.05, 0.1) is 11.0 Å². The largest absolute Gasteiger partial charge is 0.290 e. The summed E-state index contributed by atoms with van der Waals surface area (Å²) < 4.78 is 2.12. The number of imidazole rings is 1. The highest BCUT2D eigenvalue weighted by molar-refractivity contribution is 5.82. The zero-order valence-electron chi connectivity index (χ0n) is 13.4. The van der Waals surface area contributed by atoms with Crippen LogP contribution in [-0.2, 0) is 0 Å². The Hall–Kier alpha value is -3.53. The molecule has 0 bridgehead atoms. The Kier molecular flexibility index (Phi) is 3.07. The van der Waals surface area contributed by atoms with Crippen LogP contribution in [-0.4, -0.2) is 19.5 Å². The van der Waals surface area contributed by atoms with Crippen LogP contribution in [0.25, 0.3) is 39.8 Å². The van der Waals surface area contributed by atoms with Crippen LogP contribution in [0, 0.1) is 0 Å². The van der Waals surface area contributed by atoms with E-state index in [1.807, 2.05) is 66.7 Å². The van der Waals surface area contributed by atoms with E-state index in [9.17, 15) is 0 Å². The molecule has 0 fully saturated rings. The summed E-state index contributed by atoms with van der Waals surface area (Å²) in [5.41, 5.74) is 3.95. The molecule has 25 heavy (non-hydrogen) atoms. The Morgan fingerprint density at radius 1 is 0.560 bits per heavy atom. The number of para-hydroxylation sites is 3. The normalized spacial score (nSPS) is 11.2. The van der Waals surface area contributed by atoms with E-state index in [4.69, 9.17) is 9.97 Å². The summed E-state index contributed by atoms with van der Waals surface area (Å²) >= 11 is 0. The minimum absolute atomic E-state index is 0.654. The lowest BCUT2D eigenvalue weighted by Gasteiger charge is -2.14. The first-order valence-corrected chi connectivity index (χ1v) is 8.16. The number of aromatic nitrogens is 4. The molecule has 0 atom stereocenters. The van der Waals surface area contributed by atoms with E-state index < -0.39 is 0 Å². The molecule has 4 heteroatoms. The van der Waals surface area contributed by atoms with Gasteiger partial charge < -0.3 is 0 Å². The van der Waals surface area contributed by atoms with Crippen molar-refractivity contribution >= 4 is 11.0 Å². The maximum absolute atomic E-state index is 4.80. The Bertz CT molecular complexity index is 1130. The van der Waals surface area contributed by atoms with Gasteiger partial charge >= 0.3 is 0 Å². The third-order valence-electron chi connectivity index (χ3n) is 4.23. The average molecular weight is 322 g/mol. The predicted molar refractivity (Wildman–Crippen MR) is 98.7 cm³/mol. The van der Waals surface area contributed by atoms with E-state index in [0.29, 0.717) is 11.6 Å².